The number of carbonyl (C=O) groups is 1. The van der Waals surface area contributed by atoms with Crippen molar-refractivity contribution in [1.82, 2.24) is 9.47 Å². The fourth-order valence-corrected chi connectivity index (χ4v) is 5.46. The number of para-hydroxylation sites is 1. The van der Waals surface area contributed by atoms with Crippen LogP contribution in [0.2, 0.25) is 0 Å². The maximum absolute atomic E-state index is 14.1. The molecule has 1 saturated heterocycles. The van der Waals surface area contributed by atoms with E-state index < -0.39 is 0 Å². The van der Waals surface area contributed by atoms with Crippen LogP contribution >= 0.6 is 0 Å². The highest BCUT2D eigenvalue weighted by Crippen LogP contribution is 2.42. The SMILES string of the molecule is CC(C)c1c(C(=O)Nc2ccccc2)c(-c2ccccc2)c(-c2ccc(F)cc2)n1CCN1CCCC1. The molecule has 5 heteroatoms. The summed E-state index contributed by atoms with van der Waals surface area (Å²) >= 11 is 0. The smallest absolute Gasteiger partial charge is 0.258 e. The summed E-state index contributed by atoms with van der Waals surface area (Å²) in [5.41, 5.74) is 6.19. The Hall–Kier alpha value is -3.70. The van der Waals surface area contributed by atoms with Gasteiger partial charge in [0.2, 0.25) is 0 Å². The predicted molar refractivity (Wildman–Crippen MR) is 149 cm³/mol. The molecule has 1 N–H and O–H groups in total. The third-order valence-electron chi connectivity index (χ3n) is 7.13. The Morgan fingerprint density at radius 3 is 2.08 bits per heavy atom. The Morgan fingerprint density at radius 1 is 0.838 bits per heavy atom. The van der Waals surface area contributed by atoms with Crippen molar-refractivity contribution in [2.75, 3.05) is 25.0 Å². The van der Waals surface area contributed by atoms with Gasteiger partial charge in [-0.3, -0.25) is 4.79 Å². The van der Waals surface area contributed by atoms with Crippen LogP contribution in [0.15, 0.2) is 84.9 Å². The van der Waals surface area contributed by atoms with E-state index in [9.17, 15) is 9.18 Å². The van der Waals surface area contributed by atoms with Gasteiger partial charge in [-0.15, -0.1) is 0 Å². The molecule has 1 amide bonds. The van der Waals surface area contributed by atoms with Gasteiger partial charge in [0.25, 0.3) is 5.91 Å². The number of likely N-dealkylation sites (tertiary alicyclic amines) is 1. The quantitative estimate of drug-likeness (QED) is 0.276. The number of anilines is 1. The minimum absolute atomic E-state index is 0.103. The first-order chi connectivity index (χ1) is 18.0. The standard InChI is InChI=1S/C32H34FN3O/c1-23(2)30-29(32(37)34-27-13-7-4-8-14-27)28(24-11-5-3-6-12-24)31(25-15-17-26(33)18-16-25)36(30)22-21-35-19-9-10-20-35/h3-8,11-18,23H,9-10,19-22H2,1-2H3,(H,34,37). The monoisotopic (exact) mass is 495 g/mol. The summed E-state index contributed by atoms with van der Waals surface area (Å²) < 4.78 is 16.3. The van der Waals surface area contributed by atoms with Crippen molar-refractivity contribution in [2.45, 2.75) is 39.2 Å². The molecular formula is C32H34FN3O. The lowest BCUT2D eigenvalue weighted by Crippen LogP contribution is -2.25. The summed E-state index contributed by atoms with van der Waals surface area (Å²) in [6.07, 6.45) is 2.46. The fourth-order valence-electron chi connectivity index (χ4n) is 5.46. The van der Waals surface area contributed by atoms with Gasteiger partial charge >= 0.3 is 0 Å². The lowest BCUT2D eigenvalue weighted by molar-refractivity contribution is 0.102. The molecular weight excluding hydrogens is 461 g/mol. The van der Waals surface area contributed by atoms with Crippen LogP contribution in [0.1, 0.15) is 48.7 Å². The van der Waals surface area contributed by atoms with Crippen LogP contribution in [0.4, 0.5) is 10.1 Å². The zero-order valence-corrected chi connectivity index (χ0v) is 21.6. The van der Waals surface area contributed by atoms with Crippen molar-refractivity contribution in [3.05, 3.63) is 102 Å². The van der Waals surface area contributed by atoms with Gasteiger partial charge in [-0.25, -0.2) is 4.39 Å². The lowest BCUT2D eigenvalue weighted by atomic mass is 9.94. The van der Waals surface area contributed by atoms with Gasteiger partial charge < -0.3 is 14.8 Å². The fraction of sp³-hybridized carbons (Fsp3) is 0.281. The third kappa shape index (κ3) is 5.37. The van der Waals surface area contributed by atoms with Crippen LogP contribution in [0.25, 0.3) is 22.4 Å². The maximum atomic E-state index is 14.1. The van der Waals surface area contributed by atoms with E-state index in [0.717, 1.165) is 59.9 Å². The van der Waals surface area contributed by atoms with E-state index in [4.69, 9.17) is 0 Å². The zero-order valence-electron chi connectivity index (χ0n) is 21.6. The number of nitrogens with one attached hydrogen (secondary N) is 1. The molecule has 1 aliphatic heterocycles. The highest BCUT2D eigenvalue weighted by molar-refractivity contribution is 6.12. The van der Waals surface area contributed by atoms with E-state index in [1.165, 1.54) is 25.0 Å². The number of rotatable bonds is 8. The molecule has 0 radical (unpaired) electrons. The van der Waals surface area contributed by atoms with Gasteiger partial charge in [-0.1, -0.05) is 62.4 Å². The van der Waals surface area contributed by atoms with Crippen molar-refractivity contribution in [3.63, 3.8) is 0 Å². The number of aromatic nitrogens is 1. The van der Waals surface area contributed by atoms with Crippen molar-refractivity contribution in [2.24, 2.45) is 0 Å². The van der Waals surface area contributed by atoms with Crippen LogP contribution in [-0.4, -0.2) is 35.0 Å². The van der Waals surface area contributed by atoms with Crippen LogP contribution in [0, 0.1) is 5.82 Å². The number of carbonyl (C=O) groups excluding carboxylic acids is 1. The molecule has 5 rings (SSSR count). The lowest BCUT2D eigenvalue weighted by Gasteiger charge is -2.21. The van der Waals surface area contributed by atoms with E-state index in [-0.39, 0.29) is 17.6 Å². The molecule has 0 unspecified atom stereocenters. The number of benzene rings is 3. The normalized spacial score (nSPS) is 13.8. The number of nitrogens with zero attached hydrogens (tertiary/aromatic N) is 2. The molecule has 0 bridgehead atoms. The van der Waals surface area contributed by atoms with Crippen LogP contribution in [0.5, 0.6) is 0 Å². The molecule has 0 aliphatic carbocycles. The van der Waals surface area contributed by atoms with E-state index in [1.807, 2.05) is 60.7 Å². The predicted octanol–water partition coefficient (Wildman–Crippen LogP) is 7.43. The zero-order chi connectivity index (χ0) is 25.8. The van der Waals surface area contributed by atoms with Crippen molar-refractivity contribution < 1.29 is 9.18 Å². The Morgan fingerprint density at radius 2 is 1.46 bits per heavy atom. The number of hydrogen-bond donors (Lipinski definition) is 1. The van der Waals surface area contributed by atoms with Crippen molar-refractivity contribution in [1.29, 1.82) is 0 Å². The summed E-state index contributed by atoms with van der Waals surface area (Å²) in [5, 5.41) is 3.14. The minimum Gasteiger partial charge on any atom is -0.342 e. The molecule has 4 aromatic rings. The first kappa shape index (κ1) is 25.0. The van der Waals surface area contributed by atoms with E-state index in [1.54, 1.807) is 0 Å². The topological polar surface area (TPSA) is 37.3 Å². The summed E-state index contributed by atoms with van der Waals surface area (Å²) in [6, 6.07) is 26.3. The molecule has 3 aromatic carbocycles. The molecule has 37 heavy (non-hydrogen) atoms. The number of amides is 1. The molecule has 2 heterocycles. The molecule has 1 fully saturated rings. The van der Waals surface area contributed by atoms with E-state index in [0.29, 0.717) is 5.56 Å². The summed E-state index contributed by atoms with van der Waals surface area (Å²) in [4.78, 5) is 16.5. The maximum Gasteiger partial charge on any atom is 0.258 e. The second-order valence-corrected chi connectivity index (χ2v) is 10.0. The molecule has 190 valence electrons. The van der Waals surface area contributed by atoms with E-state index >= 15 is 0 Å². The number of halogens is 1. The van der Waals surface area contributed by atoms with Gasteiger partial charge in [-0.05, 0) is 79.4 Å². The van der Waals surface area contributed by atoms with Gasteiger partial charge in [0.1, 0.15) is 5.82 Å². The summed E-state index contributed by atoms with van der Waals surface area (Å²) in [6.45, 7) is 8.18. The molecule has 1 aliphatic rings. The van der Waals surface area contributed by atoms with Crippen LogP contribution < -0.4 is 5.32 Å². The highest BCUT2D eigenvalue weighted by Gasteiger charge is 2.30. The number of hydrogen-bond acceptors (Lipinski definition) is 2. The van der Waals surface area contributed by atoms with Gasteiger partial charge in [0.15, 0.2) is 0 Å². The Kier molecular flexibility index (Phi) is 7.52. The van der Waals surface area contributed by atoms with Crippen LogP contribution in [-0.2, 0) is 6.54 Å². The van der Waals surface area contributed by atoms with Crippen molar-refractivity contribution >= 4 is 11.6 Å². The summed E-state index contributed by atoms with van der Waals surface area (Å²) in [5.74, 6) is -0.296. The Balaban J connectivity index is 1.74. The van der Waals surface area contributed by atoms with Gasteiger partial charge in [0.05, 0.1) is 11.3 Å². The summed E-state index contributed by atoms with van der Waals surface area (Å²) in [7, 11) is 0. The highest BCUT2D eigenvalue weighted by atomic mass is 19.1. The molecule has 0 atom stereocenters. The largest absolute Gasteiger partial charge is 0.342 e. The molecule has 1 aromatic heterocycles. The van der Waals surface area contributed by atoms with Gasteiger partial charge in [0, 0.05) is 30.0 Å². The average Bonchev–Trinajstić information content (AvgIpc) is 3.55. The molecule has 0 saturated carbocycles. The van der Waals surface area contributed by atoms with Crippen molar-refractivity contribution in [3.8, 4) is 22.4 Å². The molecule has 4 nitrogen and oxygen atoms in total. The first-order valence-corrected chi connectivity index (χ1v) is 13.2. The average molecular weight is 496 g/mol. The Bertz CT molecular complexity index is 1340. The van der Waals surface area contributed by atoms with Crippen LogP contribution in [0.3, 0.4) is 0 Å². The van der Waals surface area contributed by atoms with E-state index in [2.05, 4.69) is 40.8 Å². The second kappa shape index (κ2) is 11.1. The third-order valence-corrected chi connectivity index (χ3v) is 7.13. The molecule has 0 spiro atoms. The second-order valence-electron chi connectivity index (χ2n) is 10.0. The first-order valence-electron chi connectivity index (χ1n) is 13.2. The van der Waals surface area contributed by atoms with Gasteiger partial charge in [-0.2, -0.15) is 0 Å². The minimum atomic E-state index is -0.272. The Labute approximate surface area is 218 Å².